The zero-order chi connectivity index (χ0) is 33.4. The average Bonchev–Trinajstić information content (AvgIpc) is 2.98. The molecule has 46 heavy (non-hydrogen) atoms. The number of amides is 3. The van der Waals surface area contributed by atoms with Gasteiger partial charge in [0.1, 0.15) is 23.7 Å². The Labute approximate surface area is 267 Å². The molecule has 2 heterocycles. The number of cyclic esters (lactones) is 1. The molecule has 10 nitrogen and oxygen atoms in total. The molecule has 1 aromatic heterocycles. The molecule has 1 aliphatic heterocycles. The van der Waals surface area contributed by atoms with E-state index in [2.05, 4.69) is 10.3 Å². The fraction of sp³-hybridized carbons (Fsp3) is 0.344. The summed E-state index contributed by atoms with van der Waals surface area (Å²) in [5.41, 5.74) is -1.49. The van der Waals surface area contributed by atoms with E-state index in [9.17, 15) is 33.5 Å². The van der Waals surface area contributed by atoms with Crippen LogP contribution in [0.3, 0.4) is 0 Å². The number of ether oxygens (including phenoxy) is 1. The van der Waals surface area contributed by atoms with Gasteiger partial charge in [0.05, 0.1) is 23.8 Å². The van der Waals surface area contributed by atoms with Crippen molar-refractivity contribution in [3.05, 3.63) is 88.3 Å². The molecule has 2 aliphatic rings. The highest BCUT2D eigenvalue weighted by atomic mass is 35.5. The van der Waals surface area contributed by atoms with E-state index in [0.717, 1.165) is 21.9 Å². The summed E-state index contributed by atoms with van der Waals surface area (Å²) < 4.78 is 47.9. The molecule has 0 bridgehead atoms. The molecular formula is C32H29ClF3N5O5. The van der Waals surface area contributed by atoms with Crippen LogP contribution in [0.4, 0.5) is 29.5 Å². The van der Waals surface area contributed by atoms with Crippen LogP contribution in [0.15, 0.2) is 60.8 Å². The van der Waals surface area contributed by atoms with Gasteiger partial charge in [-0.05, 0) is 55.8 Å². The van der Waals surface area contributed by atoms with E-state index in [1.54, 1.807) is 12.1 Å². The minimum Gasteiger partial charge on any atom is -0.449 e. The maximum absolute atomic E-state index is 15.2. The first-order valence-electron chi connectivity index (χ1n) is 14.3. The minimum atomic E-state index is -2.97. The predicted octanol–water partition coefficient (Wildman–Crippen LogP) is 5.38. The second-order valence-corrected chi connectivity index (χ2v) is 12.1. The van der Waals surface area contributed by atoms with E-state index in [-0.39, 0.29) is 46.2 Å². The summed E-state index contributed by atoms with van der Waals surface area (Å²) in [6.07, 6.45) is -1.02. The standard InChI is InChI=1S/C32H29ClF3N5O5/c1-31(2,45)19-12-20(34)14-22(13-19)40(27(23-5-3-4-6-24(23)33)28(42)39-21-15-32(35,36)16-21)29(43)25-8-10-46-30(44)41(25)26-11-18(17-37)7-9-38-26/h3-7,9,11-14,21,25,27,45H,8,10,15-16H2,1-2H3,(H,39,42). The van der Waals surface area contributed by atoms with Crippen molar-refractivity contribution in [2.24, 2.45) is 0 Å². The first-order chi connectivity index (χ1) is 21.7. The molecule has 3 aromatic rings. The number of hydrogen-bond donors (Lipinski definition) is 2. The molecule has 2 aromatic carbocycles. The summed E-state index contributed by atoms with van der Waals surface area (Å²) >= 11 is 6.55. The zero-order valence-electron chi connectivity index (χ0n) is 24.7. The predicted molar refractivity (Wildman–Crippen MR) is 161 cm³/mol. The number of halogens is 4. The topological polar surface area (TPSA) is 136 Å². The van der Waals surface area contributed by atoms with Crippen LogP contribution in [-0.4, -0.2) is 52.6 Å². The van der Waals surface area contributed by atoms with Crippen molar-refractivity contribution in [1.82, 2.24) is 10.3 Å². The lowest BCUT2D eigenvalue weighted by atomic mass is 9.87. The normalized spacial score (nSPS) is 18.5. The molecule has 2 fully saturated rings. The van der Waals surface area contributed by atoms with Gasteiger partial charge < -0.3 is 15.2 Å². The molecule has 3 amide bonds. The lowest BCUT2D eigenvalue weighted by Gasteiger charge is -2.41. The lowest BCUT2D eigenvalue weighted by molar-refractivity contribution is -0.133. The van der Waals surface area contributed by atoms with Gasteiger partial charge in [-0.3, -0.25) is 14.5 Å². The van der Waals surface area contributed by atoms with Crippen LogP contribution >= 0.6 is 11.6 Å². The third kappa shape index (κ3) is 6.78. The number of benzene rings is 2. The van der Waals surface area contributed by atoms with Crippen molar-refractivity contribution in [3.8, 4) is 6.07 Å². The zero-order valence-corrected chi connectivity index (χ0v) is 25.5. The summed E-state index contributed by atoms with van der Waals surface area (Å²) in [6.45, 7) is 2.61. The lowest BCUT2D eigenvalue weighted by Crippen LogP contribution is -2.58. The molecule has 240 valence electrons. The van der Waals surface area contributed by atoms with Crippen molar-refractivity contribution in [1.29, 1.82) is 5.26 Å². The highest BCUT2D eigenvalue weighted by molar-refractivity contribution is 6.31. The molecule has 2 unspecified atom stereocenters. The molecule has 0 spiro atoms. The number of pyridine rings is 1. The molecule has 14 heteroatoms. The Hall–Kier alpha value is -4.67. The number of nitrogens with zero attached hydrogens (tertiary/aromatic N) is 4. The van der Waals surface area contributed by atoms with Gasteiger partial charge in [-0.2, -0.15) is 5.26 Å². The van der Waals surface area contributed by atoms with E-state index in [1.165, 1.54) is 50.4 Å². The summed E-state index contributed by atoms with van der Waals surface area (Å²) in [6, 6.07) is 10.1. The molecule has 1 aliphatic carbocycles. The van der Waals surface area contributed by atoms with E-state index in [0.29, 0.717) is 0 Å². The monoisotopic (exact) mass is 655 g/mol. The number of aliphatic hydroxyl groups is 1. The number of anilines is 2. The highest BCUT2D eigenvalue weighted by Gasteiger charge is 2.48. The van der Waals surface area contributed by atoms with Crippen molar-refractivity contribution in [3.63, 3.8) is 0 Å². The molecular weight excluding hydrogens is 627 g/mol. The first-order valence-corrected chi connectivity index (χ1v) is 14.7. The number of nitriles is 1. The first kappa shape index (κ1) is 32.7. The number of aromatic nitrogens is 1. The van der Waals surface area contributed by atoms with Crippen molar-refractivity contribution in [2.75, 3.05) is 16.4 Å². The van der Waals surface area contributed by atoms with Crippen LogP contribution in [0, 0.1) is 17.1 Å². The van der Waals surface area contributed by atoms with E-state index >= 15 is 4.39 Å². The maximum atomic E-state index is 15.2. The SMILES string of the molecule is CC(C)(O)c1cc(F)cc(N(C(=O)C2CCOC(=O)N2c2cc(C#N)ccn2)C(C(=O)NC2CC(F)(F)C2)c2ccccc2Cl)c1. The van der Waals surface area contributed by atoms with E-state index < -0.39 is 66.2 Å². The summed E-state index contributed by atoms with van der Waals surface area (Å²) in [5.74, 6) is -5.69. The molecule has 1 saturated heterocycles. The molecule has 5 rings (SSSR count). The average molecular weight is 656 g/mol. The Morgan fingerprint density at radius 3 is 2.59 bits per heavy atom. The molecule has 0 radical (unpaired) electrons. The second kappa shape index (κ2) is 12.6. The summed E-state index contributed by atoms with van der Waals surface area (Å²) in [5, 5.41) is 22.8. The largest absolute Gasteiger partial charge is 0.449 e. The van der Waals surface area contributed by atoms with Crippen LogP contribution in [0.5, 0.6) is 0 Å². The number of carbonyl (C=O) groups excluding carboxylic acids is 3. The number of carbonyl (C=O) groups is 3. The third-order valence-electron chi connectivity index (χ3n) is 7.78. The minimum absolute atomic E-state index is 0.0433. The van der Waals surface area contributed by atoms with Gasteiger partial charge in [-0.15, -0.1) is 0 Å². The summed E-state index contributed by atoms with van der Waals surface area (Å²) in [7, 11) is 0. The fourth-order valence-electron chi connectivity index (χ4n) is 5.46. The Morgan fingerprint density at radius 2 is 1.93 bits per heavy atom. The Kier molecular flexibility index (Phi) is 8.97. The quantitative estimate of drug-likeness (QED) is 0.333. The van der Waals surface area contributed by atoms with Crippen LogP contribution in [0.1, 0.15) is 55.8 Å². The Balaban J connectivity index is 1.69. The van der Waals surface area contributed by atoms with E-state index in [4.69, 9.17) is 16.3 Å². The molecule has 2 N–H and O–H groups in total. The van der Waals surface area contributed by atoms with Crippen LogP contribution in [-0.2, 0) is 19.9 Å². The Bertz CT molecular complexity index is 1720. The highest BCUT2D eigenvalue weighted by Crippen LogP contribution is 2.40. The molecule has 2 atom stereocenters. The van der Waals surface area contributed by atoms with Crippen molar-refractivity contribution < 1.29 is 37.4 Å². The fourth-order valence-corrected chi connectivity index (χ4v) is 5.70. The number of nitrogens with one attached hydrogen (secondary N) is 1. The van der Waals surface area contributed by atoms with Gasteiger partial charge in [0.2, 0.25) is 5.91 Å². The number of rotatable bonds is 8. The van der Waals surface area contributed by atoms with Gasteiger partial charge in [-0.1, -0.05) is 29.8 Å². The maximum Gasteiger partial charge on any atom is 0.416 e. The summed E-state index contributed by atoms with van der Waals surface area (Å²) in [4.78, 5) is 48.0. The Morgan fingerprint density at radius 1 is 1.22 bits per heavy atom. The second-order valence-electron chi connectivity index (χ2n) is 11.7. The van der Waals surface area contributed by atoms with Crippen LogP contribution in [0.25, 0.3) is 0 Å². The molecule has 1 saturated carbocycles. The van der Waals surface area contributed by atoms with Gasteiger partial charge in [-0.25, -0.2) is 27.8 Å². The number of hydrogen-bond acceptors (Lipinski definition) is 7. The van der Waals surface area contributed by atoms with Gasteiger partial charge >= 0.3 is 6.09 Å². The van der Waals surface area contributed by atoms with Crippen molar-refractivity contribution in [2.45, 2.75) is 62.8 Å². The van der Waals surface area contributed by atoms with Gasteiger partial charge in [0, 0.05) is 47.8 Å². The smallest absolute Gasteiger partial charge is 0.416 e. The van der Waals surface area contributed by atoms with Crippen molar-refractivity contribution >= 4 is 41.0 Å². The van der Waals surface area contributed by atoms with Gasteiger partial charge in [0.15, 0.2) is 0 Å². The van der Waals surface area contributed by atoms with Gasteiger partial charge in [0.25, 0.3) is 11.8 Å². The third-order valence-corrected chi connectivity index (χ3v) is 8.12. The van der Waals surface area contributed by atoms with Crippen LogP contribution < -0.4 is 15.1 Å². The van der Waals surface area contributed by atoms with E-state index in [1.807, 2.05) is 6.07 Å². The van der Waals surface area contributed by atoms with Crippen LogP contribution in [0.2, 0.25) is 5.02 Å². The number of alkyl halides is 2.